The predicted molar refractivity (Wildman–Crippen MR) is 111 cm³/mol. The van der Waals surface area contributed by atoms with Crippen LogP contribution in [0.15, 0.2) is 0 Å². The fourth-order valence-corrected chi connectivity index (χ4v) is 1.77. The molecular formula is C17H34N4O13. The molecule has 2 saturated heterocycles. The van der Waals surface area contributed by atoms with Gasteiger partial charge < -0.3 is 54.5 Å². The van der Waals surface area contributed by atoms with Crippen molar-refractivity contribution in [3.63, 3.8) is 0 Å². The molecule has 0 aromatic carbocycles. The first kappa shape index (κ1) is 44.1. The van der Waals surface area contributed by atoms with E-state index in [1.165, 1.54) is 0 Å². The number of ether oxygens (including phenoxy) is 2. The van der Waals surface area contributed by atoms with Crippen LogP contribution in [0.1, 0.15) is 57.8 Å². The van der Waals surface area contributed by atoms with Crippen LogP contribution in [-0.4, -0.2) is 58.3 Å². The lowest BCUT2D eigenvalue weighted by atomic mass is 10.3. The van der Waals surface area contributed by atoms with Gasteiger partial charge in [0.25, 0.3) is 0 Å². The zero-order valence-corrected chi connectivity index (χ0v) is 18.8. The van der Waals surface area contributed by atoms with Crippen LogP contribution in [0.5, 0.6) is 0 Å². The summed E-state index contributed by atoms with van der Waals surface area (Å²) < 4.78 is 8.17. The maximum absolute atomic E-state index is 10.2. The zero-order valence-electron chi connectivity index (χ0n) is 18.8. The van der Waals surface area contributed by atoms with Crippen LogP contribution in [0.25, 0.3) is 0 Å². The van der Waals surface area contributed by atoms with Gasteiger partial charge in [0.1, 0.15) is 11.6 Å². The number of carbonyl (C=O) groups is 8. The van der Waals surface area contributed by atoms with Gasteiger partial charge in [-0.2, -0.15) is 0 Å². The van der Waals surface area contributed by atoms with Gasteiger partial charge >= 0.3 is 23.9 Å². The monoisotopic (exact) mass is 502 g/mol. The van der Waals surface area contributed by atoms with Crippen LogP contribution in [0.3, 0.4) is 0 Å². The van der Waals surface area contributed by atoms with E-state index in [4.69, 9.17) is 0 Å². The summed E-state index contributed by atoms with van der Waals surface area (Å²) >= 11 is 0. The molecular weight excluding hydrogens is 468 g/mol. The van der Waals surface area contributed by atoms with Gasteiger partial charge in [-0.25, -0.2) is 0 Å². The van der Waals surface area contributed by atoms with Gasteiger partial charge in [0.2, 0.25) is 5.91 Å². The van der Waals surface area contributed by atoms with E-state index in [1.54, 1.807) is 0 Å². The topological polar surface area (TPSA) is 374 Å². The summed E-state index contributed by atoms with van der Waals surface area (Å²) in [6.07, 6.45) is 1.80. The zero-order chi connectivity index (χ0) is 22.4. The van der Waals surface area contributed by atoms with Crippen LogP contribution in [-0.2, 0) is 47.8 Å². The molecule has 16 N–H and O–H groups in total. The van der Waals surface area contributed by atoms with Gasteiger partial charge in [-0.05, 0) is 6.42 Å². The lowest BCUT2D eigenvalue weighted by Crippen LogP contribution is -2.24. The van der Waals surface area contributed by atoms with E-state index in [0.29, 0.717) is 12.8 Å². The third-order valence-electron chi connectivity index (χ3n) is 3.17. The first-order valence-corrected chi connectivity index (χ1v) is 8.48. The van der Waals surface area contributed by atoms with Crippen LogP contribution < -0.4 is 29.3 Å². The standard InChI is InChI=1S/C5H6O2.C4H7NO3.2C4H4O3.3H3N.2H2O/c6-4-1-2-5(7)3-4;5-3(6)1-2-4(7)8;2*5-3-1-2-4(6)7-3;;;;;/h1-3H2;1-2H2,(H2,5,6)(H,7,8);2*1-2H2;3*1H3;2*1H2. The fourth-order valence-electron chi connectivity index (χ4n) is 1.77. The number of carbonyl (C=O) groups excluding carboxylic acids is 8. The van der Waals surface area contributed by atoms with Crippen LogP contribution in [0.4, 0.5) is 0 Å². The van der Waals surface area contributed by atoms with Crippen LogP contribution in [0, 0.1) is 0 Å². The molecule has 1 aliphatic carbocycles. The summed E-state index contributed by atoms with van der Waals surface area (Å²) in [5.74, 6) is -3.25. The molecule has 3 rings (SSSR count). The van der Waals surface area contributed by atoms with Crippen molar-refractivity contribution in [3.8, 4) is 0 Å². The molecule has 17 nitrogen and oxygen atoms in total. The highest BCUT2D eigenvalue weighted by Gasteiger charge is 2.20. The number of aliphatic carboxylic acids is 1. The Morgan fingerprint density at radius 1 is 0.676 bits per heavy atom. The van der Waals surface area contributed by atoms with E-state index in [1.807, 2.05) is 0 Å². The molecule has 1 saturated carbocycles. The van der Waals surface area contributed by atoms with Crippen molar-refractivity contribution in [2.45, 2.75) is 57.8 Å². The van der Waals surface area contributed by atoms with Crippen molar-refractivity contribution < 1.29 is 63.9 Å². The van der Waals surface area contributed by atoms with Crippen molar-refractivity contribution in [2.75, 3.05) is 0 Å². The van der Waals surface area contributed by atoms with E-state index in [-0.39, 0.29) is 85.9 Å². The molecule has 0 radical (unpaired) electrons. The minimum absolute atomic E-state index is 0. The van der Waals surface area contributed by atoms with E-state index in [0.717, 1.165) is 0 Å². The number of hydrogen-bond acceptors (Lipinski definition) is 13. The number of ketones is 2. The second kappa shape index (κ2) is 24.0. The van der Waals surface area contributed by atoms with Crippen molar-refractivity contribution in [1.82, 2.24) is 18.5 Å². The van der Waals surface area contributed by atoms with Gasteiger partial charge in [0, 0.05) is 25.2 Å². The van der Waals surface area contributed by atoms with Crippen molar-refractivity contribution in [3.05, 3.63) is 0 Å². The summed E-state index contributed by atoms with van der Waals surface area (Å²) in [5.41, 5.74) is 4.61. The SMILES string of the molecule is N.N.NC(=O)CCC(=O)[O-].O.O.O=C1CCC(=O)C1.O=C1CCC(=O)O1.O=C1CCC(=O)O1.[NH4+]. The second-order valence-electron chi connectivity index (χ2n) is 5.78. The smallest absolute Gasteiger partial charge is 0.314 e. The number of carboxylic acid groups (broad SMARTS) is 1. The molecule has 2 heterocycles. The number of quaternary nitrogens is 1. The first-order chi connectivity index (χ1) is 13.5. The Morgan fingerprint density at radius 3 is 1.06 bits per heavy atom. The molecule has 1 amide bonds. The van der Waals surface area contributed by atoms with Crippen LogP contribution >= 0.6 is 0 Å². The first-order valence-electron chi connectivity index (χ1n) is 8.48. The third-order valence-corrected chi connectivity index (χ3v) is 3.17. The molecule has 0 spiro atoms. The molecule has 2 aliphatic heterocycles. The molecule has 3 fully saturated rings. The fraction of sp³-hybridized carbons (Fsp3) is 0.529. The average molecular weight is 502 g/mol. The molecule has 0 unspecified atom stereocenters. The van der Waals surface area contributed by atoms with Gasteiger partial charge in [0.15, 0.2) is 0 Å². The highest BCUT2D eigenvalue weighted by molar-refractivity contribution is 6.05. The van der Waals surface area contributed by atoms with E-state index in [9.17, 15) is 43.5 Å². The molecule has 0 bridgehead atoms. The van der Waals surface area contributed by atoms with Crippen molar-refractivity contribution >= 4 is 47.3 Å². The average Bonchev–Trinajstić information content (AvgIpc) is 3.30. The van der Waals surface area contributed by atoms with E-state index < -0.39 is 35.8 Å². The summed E-state index contributed by atoms with van der Waals surface area (Å²) in [4.78, 5) is 79.9. The molecule has 0 aromatic rings. The highest BCUT2D eigenvalue weighted by atomic mass is 16.6. The van der Waals surface area contributed by atoms with Crippen LogP contribution in [0.2, 0.25) is 0 Å². The number of nitrogens with two attached hydrogens (primary N) is 1. The number of carboxylic acids is 1. The molecule has 17 heteroatoms. The number of esters is 4. The Labute approximate surface area is 194 Å². The Bertz CT molecular complexity index is 582. The molecule has 0 atom stereocenters. The third kappa shape index (κ3) is 26.4. The maximum atomic E-state index is 10.2. The number of amides is 1. The van der Waals surface area contributed by atoms with Crippen molar-refractivity contribution in [2.24, 2.45) is 5.73 Å². The molecule has 200 valence electrons. The number of rotatable bonds is 3. The largest absolute Gasteiger partial charge is 0.550 e. The van der Waals surface area contributed by atoms with E-state index >= 15 is 0 Å². The number of hydrogen-bond donors (Lipinski definition) is 4. The quantitative estimate of drug-likeness (QED) is 0.222. The summed E-state index contributed by atoms with van der Waals surface area (Å²) in [5, 5.41) is 9.58. The van der Waals surface area contributed by atoms with E-state index in [2.05, 4.69) is 15.2 Å². The lowest BCUT2D eigenvalue weighted by Gasteiger charge is -1.95. The van der Waals surface area contributed by atoms with Gasteiger partial charge in [0.05, 0.1) is 32.1 Å². The number of primary amides is 1. The van der Waals surface area contributed by atoms with Gasteiger partial charge in [-0.15, -0.1) is 0 Å². The Kier molecular flexibility index (Phi) is 31.1. The second-order valence-corrected chi connectivity index (χ2v) is 5.78. The molecule has 0 aromatic heterocycles. The summed E-state index contributed by atoms with van der Waals surface area (Å²) in [6, 6.07) is 0. The highest BCUT2D eigenvalue weighted by Crippen LogP contribution is 2.07. The number of cyclic esters (lactones) is 4. The van der Waals surface area contributed by atoms with Gasteiger partial charge in [-0.3, -0.25) is 33.6 Å². The molecule has 3 aliphatic rings. The molecule has 34 heavy (non-hydrogen) atoms. The van der Waals surface area contributed by atoms with Crippen molar-refractivity contribution in [1.29, 1.82) is 0 Å². The summed E-state index contributed by atoms with van der Waals surface area (Å²) in [6.45, 7) is 0. The summed E-state index contributed by atoms with van der Waals surface area (Å²) in [7, 11) is 0. The Hall–Kier alpha value is -3.64. The predicted octanol–water partition coefficient (Wildman–Crippen LogP) is -2.94. The van der Waals surface area contributed by atoms with Gasteiger partial charge in [-0.1, -0.05) is 0 Å². The minimum Gasteiger partial charge on any atom is -0.550 e. The number of Topliss-reactive ketones (excluding diaryl/α,β-unsaturated/α-hetero) is 2. The Morgan fingerprint density at radius 2 is 0.971 bits per heavy atom. The normalized spacial score (nSPS) is 14.6. The Balaban J connectivity index is -0.0000000733. The maximum Gasteiger partial charge on any atom is 0.314 e. The minimum atomic E-state index is -1.25. The lowest BCUT2D eigenvalue weighted by molar-refractivity contribution is -0.305.